The molecule has 0 aliphatic rings. The second kappa shape index (κ2) is 5.05. The van der Waals surface area contributed by atoms with Gasteiger partial charge in [0.15, 0.2) is 0 Å². The normalized spacial score (nSPS) is 12.6. The van der Waals surface area contributed by atoms with Gasteiger partial charge in [-0.25, -0.2) is 13.8 Å². The standard InChI is InChI=1S/C12H12F2N2O/c13-10-2-1-3-11(14)9(10)6-8(17)7-12-15-4-5-16-12/h1-5,8,17H,6-7H2,(H,15,16). The summed E-state index contributed by atoms with van der Waals surface area (Å²) in [5.74, 6) is -0.679. The summed E-state index contributed by atoms with van der Waals surface area (Å²) in [4.78, 5) is 6.76. The van der Waals surface area contributed by atoms with Gasteiger partial charge in [0.1, 0.15) is 17.5 Å². The van der Waals surface area contributed by atoms with Crippen molar-refractivity contribution in [2.45, 2.75) is 18.9 Å². The Labute approximate surface area is 97.1 Å². The summed E-state index contributed by atoms with van der Waals surface area (Å²) in [6.45, 7) is 0. The number of H-pyrrole nitrogens is 1. The first kappa shape index (κ1) is 11.7. The average molecular weight is 238 g/mol. The maximum Gasteiger partial charge on any atom is 0.129 e. The average Bonchev–Trinajstić information content (AvgIpc) is 2.76. The highest BCUT2D eigenvalue weighted by Crippen LogP contribution is 2.15. The van der Waals surface area contributed by atoms with Crippen LogP contribution in [-0.2, 0) is 12.8 Å². The molecule has 1 heterocycles. The second-order valence-corrected chi connectivity index (χ2v) is 3.80. The molecule has 90 valence electrons. The lowest BCUT2D eigenvalue weighted by atomic mass is 10.0. The number of imidazole rings is 1. The lowest BCUT2D eigenvalue weighted by Gasteiger charge is -2.10. The van der Waals surface area contributed by atoms with Crippen LogP contribution < -0.4 is 0 Å². The van der Waals surface area contributed by atoms with Crippen molar-refractivity contribution in [3.05, 3.63) is 53.6 Å². The minimum absolute atomic E-state index is 0.0702. The first-order chi connectivity index (χ1) is 8.16. The first-order valence-corrected chi connectivity index (χ1v) is 5.26. The summed E-state index contributed by atoms with van der Waals surface area (Å²) >= 11 is 0. The number of rotatable bonds is 4. The van der Waals surface area contributed by atoms with E-state index in [4.69, 9.17) is 0 Å². The number of nitrogens with zero attached hydrogens (tertiary/aromatic N) is 1. The Morgan fingerprint density at radius 1 is 1.24 bits per heavy atom. The third-order valence-electron chi connectivity index (χ3n) is 2.49. The predicted molar refractivity (Wildman–Crippen MR) is 58.4 cm³/mol. The number of aliphatic hydroxyl groups excluding tert-OH is 1. The fraction of sp³-hybridized carbons (Fsp3) is 0.250. The summed E-state index contributed by atoms with van der Waals surface area (Å²) in [6, 6.07) is 3.66. The number of aliphatic hydroxyl groups is 1. The zero-order chi connectivity index (χ0) is 12.3. The van der Waals surface area contributed by atoms with Crippen LogP contribution >= 0.6 is 0 Å². The maximum atomic E-state index is 13.3. The van der Waals surface area contributed by atoms with Crippen LogP contribution in [0.2, 0.25) is 0 Å². The Balaban J connectivity index is 2.05. The topological polar surface area (TPSA) is 48.9 Å². The molecular weight excluding hydrogens is 226 g/mol. The third kappa shape index (κ3) is 2.88. The fourth-order valence-corrected chi connectivity index (χ4v) is 1.67. The highest BCUT2D eigenvalue weighted by molar-refractivity contribution is 5.20. The third-order valence-corrected chi connectivity index (χ3v) is 2.49. The monoisotopic (exact) mass is 238 g/mol. The van der Waals surface area contributed by atoms with Crippen LogP contribution in [0.4, 0.5) is 8.78 Å². The van der Waals surface area contributed by atoms with Crippen LogP contribution in [0.5, 0.6) is 0 Å². The molecule has 0 aliphatic carbocycles. The van der Waals surface area contributed by atoms with Crippen molar-refractivity contribution < 1.29 is 13.9 Å². The zero-order valence-electron chi connectivity index (χ0n) is 9.03. The predicted octanol–water partition coefficient (Wildman–Crippen LogP) is 1.83. The SMILES string of the molecule is OC(Cc1ncc[nH]1)Cc1c(F)cccc1F. The van der Waals surface area contributed by atoms with Crippen LogP contribution in [-0.4, -0.2) is 21.2 Å². The van der Waals surface area contributed by atoms with Crippen molar-refractivity contribution in [1.29, 1.82) is 0 Å². The Morgan fingerprint density at radius 2 is 1.94 bits per heavy atom. The van der Waals surface area contributed by atoms with Crippen molar-refractivity contribution in [3.8, 4) is 0 Å². The van der Waals surface area contributed by atoms with Gasteiger partial charge in [-0.05, 0) is 12.1 Å². The Morgan fingerprint density at radius 3 is 2.53 bits per heavy atom. The molecule has 2 aromatic rings. The number of benzene rings is 1. The first-order valence-electron chi connectivity index (χ1n) is 5.26. The molecule has 0 spiro atoms. The van der Waals surface area contributed by atoms with Gasteiger partial charge in [-0.2, -0.15) is 0 Å². The largest absolute Gasteiger partial charge is 0.392 e. The molecule has 5 heteroatoms. The Kier molecular flexibility index (Phi) is 3.49. The highest BCUT2D eigenvalue weighted by Gasteiger charge is 2.14. The van der Waals surface area contributed by atoms with Crippen LogP contribution in [0.1, 0.15) is 11.4 Å². The molecule has 0 saturated heterocycles. The molecule has 1 aromatic heterocycles. The lowest BCUT2D eigenvalue weighted by molar-refractivity contribution is 0.170. The summed E-state index contributed by atoms with van der Waals surface area (Å²) in [5.41, 5.74) is -0.0912. The molecule has 0 aliphatic heterocycles. The van der Waals surface area contributed by atoms with E-state index in [2.05, 4.69) is 9.97 Å². The molecule has 0 bridgehead atoms. The summed E-state index contributed by atoms with van der Waals surface area (Å²) in [5, 5.41) is 9.73. The van der Waals surface area contributed by atoms with E-state index < -0.39 is 17.7 Å². The van der Waals surface area contributed by atoms with Crippen molar-refractivity contribution in [1.82, 2.24) is 9.97 Å². The summed E-state index contributed by atoms with van der Waals surface area (Å²) in [7, 11) is 0. The van der Waals surface area contributed by atoms with Crippen molar-refractivity contribution >= 4 is 0 Å². The molecule has 2 rings (SSSR count). The van der Waals surface area contributed by atoms with Gasteiger partial charge in [-0.3, -0.25) is 0 Å². The molecule has 17 heavy (non-hydrogen) atoms. The van der Waals surface area contributed by atoms with E-state index in [1.807, 2.05) is 0 Å². The Hall–Kier alpha value is -1.75. The van der Waals surface area contributed by atoms with Gasteiger partial charge in [0.25, 0.3) is 0 Å². The van der Waals surface area contributed by atoms with Gasteiger partial charge in [0.05, 0.1) is 6.10 Å². The highest BCUT2D eigenvalue weighted by atomic mass is 19.1. The van der Waals surface area contributed by atoms with Crippen molar-refractivity contribution in [3.63, 3.8) is 0 Å². The number of aromatic amines is 1. The lowest BCUT2D eigenvalue weighted by Crippen LogP contribution is -2.16. The van der Waals surface area contributed by atoms with Gasteiger partial charge in [0, 0.05) is 30.8 Å². The van der Waals surface area contributed by atoms with Crippen LogP contribution in [0.3, 0.4) is 0 Å². The van der Waals surface area contributed by atoms with Gasteiger partial charge in [-0.15, -0.1) is 0 Å². The molecule has 1 unspecified atom stereocenters. The summed E-state index contributed by atoms with van der Waals surface area (Å²) in [6.07, 6.45) is 2.49. The molecule has 0 radical (unpaired) electrons. The minimum atomic E-state index is -0.868. The van der Waals surface area contributed by atoms with E-state index in [0.29, 0.717) is 5.82 Å². The molecular formula is C12H12F2N2O. The molecule has 1 atom stereocenters. The molecule has 3 nitrogen and oxygen atoms in total. The van der Waals surface area contributed by atoms with E-state index in [0.717, 1.165) is 0 Å². The number of hydrogen-bond donors (Lipinski definition) is 2. The quantitative estimate of drug-likeness (QED) is 0.853. The van der Waals surface area contributed by atoms with E-state index in [9.17, 15) is 13.9 Å². The molecule has 1 aromatic carbocycles. The zero-order valence-corrected chi connectivity index (χ0v) is 9.03. The van der Waals surface area contributed by atoms with Gasteiger partial charge in [0.2, 0.25) is 0 Å². The van der Waals surface area contributed by atoms with Gasteiger partial charge < -0.3 is 10.1 Å². The molecule has 2 N–H and O–H groups in total. The Bertz CT molecular complexity index is 465. The number of aromatic nitrogens is 2. The van der Waals surface area contributed by atoms with E-state index in [1.54, 1.807) is 12.4 Å². The minimum Gasteiger partial charge on any atom is -0.392 e. The maximum absolute atomic E-state index is 13.3. The number of nitrogens with one attached hydrogen (secondary N) is 1. The van der Waals surface area contributed by atoms with Crippen LogP contribution in [0, 0.1) is 11.6 Å². The molecule has 0 amide bonds. The molecule has 0 fully saturated rings. The number of halogens is 2. The number of hydrogen-bond acceptors (Lipinski definition) is 2. The molecule has 0 saturated carbocycles. The van der Waals surface area contributed by atoms with Gasteiger partial charge >= 0.3 is 0 Å². The van der Waals surface area contributed by atoms with Crippen molar-refractivity contribution in [2.24, 2.45) is 0 Å². The summed E-state index contributed by atoms with van der Waals surface area (Å²) < 4.78 is 26.6. The van der Waals surface area contributed by atoms with Crippen LogP contribution in [0.25, 0.3) is 0 Å². The van der Waals surface area contributed by atoms with Gasteiger partial charge in [-0.1, -0.05) is 6.07 Å². The van der Waals surface area contributed by atoms with E-state index >= 15 is 0 Å². The van der Waals surface area contributed by atoms with Crippen LogP contribution in [0.15, 0.2) is 30.6 Å². The van der Waals surface area contributed by atoms with E-state index in [1.165, 1.54) is 18.2 Å². The second-order valence-electron chi connectivity index (χ2n) is 3.80. The van der Waals surface area contributed by atoms with E-state index in [-0.39, 0.29) is 18.4 Å². The fourth-order valence-electron chi connectivity index (χ4n) is 1.67. The smallest absolute Gasteiger partial charge is 0.129 e. The van der Waals surface area contributed by atoms with Crippen molar-refractivity contribution in [2.75, 3.05) is 0 Å².